The van der Waals surface area contributed by atoms with Crippen LogP contribution in [0, 0.1) is 0 Å². The van der Waals surface area contributed by atoms with Gasteiger partial charge in [0.2, 0.25) is 0 Å². The van der Waals surface area contributed by atoms with E-state index in [9.17, 15) is 4.79 Å². The van der Waals surface area contributed by atoms with Crippen molar-refractivity contribution in [3.8, 4) is 10.4 Å². The van der Waals surface area contributed by atoms with Gasteiger partial charge in [-0.15, -0.1) is 16.9 Å². The molecule has 0 saturated heterocycles. The fraction of sp³-hybridized carbons (Fsp3) is 0.400. The molecular formula is C15H18N2O2S2. The van der Waals surface area contributed by atoms with Crippen LogP contribution in [0.3, 0.4) is 0 Å². The zero-order valence-electron chi connectivity index (χ0n) is 12.3. The Morgan fingerprint density at radius 2 is 1.95 bits per heavy atom. The van der Waals surface area contributed by atoms with E-state index in [1.807, 2.05) is 0 Å². The van der Waals surface area contributed by atoms with Crippen molar-refractivity contribution in [3.05, 3.63) is 29.8 Å². The molecule has 0 bridgehead atoms. The largest absolute Gasteiger partial charge is 0.481 e. The predicted molar refractivity (Wildman–Crippen MR) is 87.0 cm³/mol. The van der Waals surface area contributed by atoms with Gasteiger partial charge in [-0.05, 0) is 28.1 Å². The lowest BCUT2D eigenvalue weighted by Crippen LogP contribution is -2.10. The van der Waals surface area contributed by atoms with Crippen LogP contribution in [-0.2, 0) is 10.2 Å². The van der Waals surface area contributed by atoms with E-state index in [4.69, 9.17) is 5.11 Å². The molecule has 0 saturated carbocycles. The fourth-order valence-corrected chi connectivity index (χ4v) is 3.53. The molecule has 1 N–H and O–H groups in total. The molecule has 0 aliphatic heterocycles. The molecule has 1 aromatic carbocycles. The first-order chi connectivity index (χ1) is 9.88. The topological polar surface area (TPSA) is 63.1 Å². The van der Waals surface area contributed by atoms with Gasteiger partial charge in [-0.25, -0.2) is 0 Å². The van der Waals surface area contributed by atoms with Gasteiger partial charge in [0.25, 0.3) is 0 Å². The maximum Gasteiger partial charge on any atom is 0.304 e. The van der Waals surface area contributed by atoms with E-state index in [2.05, 4.69) is 54.6 Å². The van der Waals surface area contributed by atoms with Crippen molar-refractivity contribution in [1.29, 1.82) is 0 Å². The number of thioether (sulfide) groups is 1. The van der Waals surface area contributed by atoms with Crippen molar-refractivity contribution >= 4 is 29.3 Å². The highest BCUT2D eigenvalue weighted by Crippen LogP contribution is 2.34. The van der Waals surface area contributed by atoms with Crippen LogP contribution in [0.1, 0.15) is 32.8 Å². The molecule has 0 atom stereocenters. The SMILES string of the molecule is CC(C)(C)c1ccc(-c2snnc2SCCC(=O)O)cc1. The van der Waals surface area contributed by atoms with Gasteiger partial charge in [0.15, 0.2) is 0 Å². The minimum Gasteiger partial charge on any atom is -0.481 e. The lowest BCUT2D eigenvalue weighted by Gasteiger charge is -2.19. The van der Waals surface area contributed by atoms with E-state index in [1.165, 1.54) is 28.9 Å². The molecule has 1 heterocycles. The molecular weight excluding hydrogens is 304 g/mol. The van der Waals surface area contributed by atoms with Crippen molar-refractivity contribution in [1.82, 2.24) is 9.59 Å². The van der Waals surface area contributed by atoms with Gasteiger partial charge in [0.05, 0.1) is 11.3 Å². The van der Waals surface area contributed by atoms with Crippen LogP contribution in [-0.4, -0.2) is 26.4 Å². The normalized spacial score (nSPS) is 11.6. The summed E-state index contributed by atoms with van der Waals surface area (Å²) in [4.78, 5) is 11.6. The van der Waals surface area contributed by atoms with Gasteiger partial charge in [0.1, 0.15) is 5.03 Å². The van der Waals surface area contributed by atoms with Crippen LogP contribution in [0.5, 0.6) is 0 Å². The van der Waals surface area contributed by atoms with Gasteiger partial charge in [0, 0.05) is 5.75 Å². The number of hydrogen-bond acceptors (Lipinski definition) is 5. The Labute approximate surface area is 132 Å². The van der Waals surface area contributed by atoms with E-state index >= 15 is 0 Å². The van der Waals surface area contributed by atoms with E-state index in [0.717, 1.165) is 15.5 Å². The molecule has 2 aromatic rings. The summed E-state index contributed by atoms with van der Waals surface area (Å²) in [7, 11) is 0. The van der Waals surface area contributed by atoms with E-state index in [1.54, 1.807) is 0 Å². The number of rotatable bonds is 5. The molecule has 0 unspecified atom stereocenters. The number of aromatic nitrogens is 2. The molecule has 21 heavy (non-hydrogen) atoms. The minimum absolute atomic E-state index is 0.129. The quantitative estimate of drug-likeness (QED) is 0.841. The molecule has 0 radical (unpaired) electrons. The third-order valence-electron chi connectivity index (χ3n) is 3.03. The van der Waals surface area contributed by atoms with Gasteiger partial charge in [-0.3, -0.25) is 4.79 Å². The highest BCUT2D eigenvalue weighted by Gasteiger charge is 2.15. The maximum absolute atomic E-state index is 10.6. The third-order valence-corrected chi connectivity index (χ3v) is 4.90. The molecule has 0 aliphatic rings. The summed E-state index contributed by atoms with van der Waals surface area (Å²) in [6.45, 7) is 6.55. The van der Waals surface area contributed by atoms with Crippen LogP contribution < -0.4 is 0 Å². The Balaban J connectivity index is 2.15. The Hall–Kier alpha value is -1.40. The zero-order chi connectivity index (χ0) is 15.5. The smallest absolute Gasteiger partial charge is 0.304 e. The lowest BCUT2D eigenvalue weighted by atomic mass is 9.87. The summed E-state index contributed by atoms with van der Waals surface area (Å²) in [5.74, 6) is -0.282. The van der Waals surface area contributed by atoms with Crippen molar-refractivity contribution < 1.29 is 9.90 Å². The monoisotopic (exact) mass is 322 g/mol. The Kier molecular flexibility index (Phi) is 5.00. The third kappa shape index (κ3) is 4.28. The second kappa shape index (κ2) is 6.58. The second-order valence-electron chi connectivity index (χ2n) is 5.73. The van der Waals surface area contributed by atoms with Crippen molar-refractivity contribution in [2.75, 3.05) is 5.75 Å². The minimum atomic E-state index is -0.790. The molecule has 4 nitrogen and oxygen atoms in total. The van der Waals surface area contributed by atoms with Gasteiger partial charge >= 0.3 is 5.97 Å². The summed E-state index contributed by atoms with van der Waals surface area (Å²) in [5.41, 5.74) is 2.49. The van der Waals surface area contributed by atoms with E-state index in [-0.39, 0.29) is 11.8 Å². The first-order valence-corrected chi connectivity index (χ1v) is 8.41. The lowest BCUT2D eigenvalue weighted by molar-refractivity contribution is -0.136. The highest BCUT2D eigenvalue weighted by atomic mass is 32.2. The van der Waals surface area contributed by atoms with Gasteiger partial charge < -0.3 is 5.11 Å². The molecule has 6 heteroatoms. The van der Waals surface area contributed by atoms with Crippen LogP contribution in [0.2, 0.25) is 0 Å². The number of nitrogens with zero attached hydrogens (tertiary/aromatic N) is 2. The summed E-state index contributed by atoms with van der Waals surface area (Å²) in [6, 6.07) is 8.41. The highest BCUT2D eigenvalue weighted by molar-refractivity contribution is 7.99. The average Bonchev–Trinajstić information content (AvgIpc) is 2.86. The summed E-state index contributed by atoms with van der Waals surface area (Å²) < 4.78 is 3.99. The molecule has 112 valence electrons. The van der Waals surface area contributed by atoms with Crippen molar-refractivity contribution in [2.24, 2.45) is 0 Å². The fourth-order valence-electron chi connectivity index (χ4n) is 1.81. The Bertz CT molecular complexity index is 615. The number of hydrogen-bond donors (Lipinski definition) is 1. The molecule has 0 spiro atoms. The number of benzene rings is 1. The Morgan fingerprint density at radius 1 is 1.29 bits per heavy atom. The molecule has 0 aliphatic carbocycles. The van der Waals surface area contributed by atoms with Gasteiger partial charge in [-0.1, -0.05) is 49.5 Å². The summed E-state index contributed by atoms with van der Waals surface area (Å²) in [6.07, 6.45) is 0.130. The van der Waals surface area contributed by atoms with E-state index in [0.29, 0.717) is 5.75 Å². The standard InChI is InChI=1S/C15H18N2O2S2/c1-15(2,3)11-6-4-10(5-7-11)13-14(16-17-21-13)20-9-8-12(18)19/h4-7H,8-9H2,1-3H3,(H,18,19). The first-order valence-electron chi connectivity index (χ1n) is 6.66. The van der Waals surface area contributed by atoms with Crippen LogP contribution >= 0.6 is 23.3 Å². The van der Waals surface area contributed by atoms with Crippen LogP contribution in [0.4, 0.5) is 0 Å². The number of carbonyl (C=O) groups is 1. The van der Waals surface area contributed by atoms with E-state index < -0.39 is 5.97 Å². The molecule has 0 amide bonds. The molecule has 0 fully saturated rings. The first kappa shape index (κ1) is 16.0. The number of carboxylic acid groups (broad SMARTS) is 1. The summed E-state index contributed by atoms with van der Waals surface area (Å²) in [5, 5.41) is 13.6. The van der Waals surface area contributed by atoms with Crippen molar-refractivity contribution in [3.63, 3.8) is 0 Å². The Morgan fingerprint density at radius 3 is 2.52 bits per heavy atom. The number of aliphatic carboxylic acids is 1. The predicted octanol–water partition coefficient (Wildman–Crippen LogP) is 4.07. The average molecular weight is 322 g/mol. The number of carboxylic acids is 1. The molecule has 1 aromatic heterocycles. The summed E-state index contributed by atoms with van der Waals surface area (Å²) >= 11 is 2.79. The second-order valence-corrected chi connectivity index (χ2v) is 7.56. The van der Waals surface area contributed by atoms with Crippen LogP contribution in [0.25, 0.3) is 10.4 Å². The maximum atomic E-state index is 10.6. The molecule has 2 rings (SSSR count). The van der Waals surface area contributed by atoms with Crippen LogP contribution in [0.15, 0.2) is 29.3 Å². The van der Waals surface area contributed by atoms with Crippen molar-refractivity contribution in [2.45, 2.75) is 37.6 Å². The zero-order valence-corrected chi connectivity index (χ0v) is 13.9. The van der Waals surface area contributed by atoms with Gasteiger partial charge in [-0.2, -0.15) is 0 Å².